The summed E-state index contributed by atoms with van der Waals surface area (Å²) in [6.07, 6.45) is 3.02. The molecule has 0 heterocycles. The van der Waals surface area contributed by atoms with Gasteiger partial charge in [-0.25, -0.2) is 4.79 Å². The molecule has 1 rings (SSSR count). The Morgan fingerprint density at radius 3 is 2.65 bits per heavy atom. The number of nitrogens with one attached hydrogen (secondary N) is 1. The van der Waals surface area contributed by atoms with E-state index in [0.717, 1.165) is 6.08 Å². The number of oxime groups is 1. The lowest BCUT2D eigenvalue weighted by Gasteiger charge is -2.05. The minimum atomic E-state index is -1.08. The lowest BCUT2D eigenvalue weighted by Crippen LogP contribution is -2.13. The standard InChI is InChI=1S/C11H10N2O4/c14-10(7-12-17)13-9-4-2-1-3-8(9)5-6-11(15)16/h1-7,17H,(H,13,14)(H,15,16). The highest BCUT2D eigenvalue weighted by molar-refractivity contribution is 6.31. The van der Waals surface area contributed by atoms with Gasteiger partial charge in [0.2, 0.25) is 0 Å². The number of rotatable bonds is 4. The summed E-state index contributed by atoms with van der Waals surface area (Å²) in [5, 5.41) is 21.7. The van der Waals surface area contributed by atoms with E-state index in [2.05, 4.69) is 10.5 Å². The van der Waals surface area contributed by atoms with Crippen LogP contribution >= 0.6 is 0 Å². The summed E-state index contributed by atoms with van der Waals surface area (Å²) in [4.78, 5) is 21.5. The van der Waals surface area contributed by atoms with Crippen molar-refractivity contribution in [2.75, 3.05) is 5.32 Å². The van der Waals surface area contributed by atoms with Gasteiger partial charge < -0.3 is 15.6 Å². The molecule has 6 nitrogen and oxygen atoms in total. The fourth-order valence-corrected chi connectivity index (χ4v) is 1.13. The van der Waals surface area contributed by atoms with E-state index in [0.29, 0.717) is 17.5 Å². The number of benzene rings is 1. The number of carboxylic acid groups (broad SMARTS) is 1. The number of aliphatic carboxylic acids is 1. The van der Waals surface area contributed by atoms with Crippen LogP contribution in [0, 0.1) is 0 Å². The maximum Gasteiger partial charge on any atom is 0.328 e. The number of amides is 1. The van der Waals surface area contributed by atoms with Gasteiger partial charge in [0.1, 0.15) is 6.21 Å². The summed E-state index contributed by atoms with van der Waals surface area (Å²) in [6, 6.07) is 6.64. The Morgan fingerprint density at radius 2 is 2.00 bits per heavy atom. The van der Waals surface area contributed by atoms with E-state index in [1.165, 1.54) is 6.08 Å². The second kappa shape index (κ2) is 6.06. The normalized spacial score (nSPS) is 10.8. The maximum atomic E-state index is 11.1. The van der Waals surface area contributed by atoms with Crippen LogP contribution in [0.4, 0.5) is 5.69 Å². The van der Waals surface area contributed by atoms with Crippen LogP contribution in [0.1, 0.15) is 5.56 Å². The second-order valence-corrected chi connectivity index (χ2v) is 2.99. The van der Waals surface area contributed by atoms with Crippen molar-refractivity contribution in [1.29, 1.82) is 0 Å². The predicted molar refractivity (Wildman–Crippen MR) is 62.0 cm³/mol. The summed E-state index contributed by atoms with van der Waals surface area (Å²) in [7, 11) is 0. The molecule has 88 valence electrons. The van der Waals surface area contributed by atoms with Crippen molar-refractivity contribution in [3.63, 3.8) is 0 Å². The molecular weight excluding hydrogens is 224 g/mol. The van der Waals surface area contributed by atoms with E-state index < -0.39 is 11.9 Å². The highest BCUT2D eigenvalue weighted by atomic mass is 16.4. The number of nitrogens with zero attached hydrogens (tertiary/aromatic N) is 1. The van der Waals surface area contributed by atoms with Crippen LogP contribution in [-0.2, 0) is 9.59 Å². The van der Waals surface area contributed by atoms with Crippen LogP contribution < -0.4 is 5.32 Å². The summed E-state index contributed by atoms with van der Waals surface area (Å²) >= 11 is 0. The molecule has 0 aliphatic heterocycles. The molecule has 0 saturated carbocycles. The predicted octanol–water partition coefficient (Wildman–Crippen LogP) is 1.18. The van der Waals surface area contributed by atoms with E-state index >= 15 is 0 Å². The van der Waals surface area contributed by atoms with Gasteiger partial charge in [-0.3, -0.25) is 4.79 Å². The molecule has 0 radical (unpaired) electrons. The van der Waals surface area contributed by atoms with Crippen molar-refractivity contribution in [1.82, 2.24) is 0 Å². The minimum Gasteiger partial charge on any atom is -0.478 e. The van der Waals surface area contributed by atoms with Gasteiger partial charge in [0.15, 0.2) is 0 Å². The van der Waals surface area contributed by atoms with Gasteiger partial charge in [-0.05, 0) is 17.7 Å². The van der Waals surface area contributed by atoms with Crippen molar-refractivity contribution in [2.24, 2.45) is 5.16 Å². The SMILES string of the molecule is O=C(O)C=Cc1ccccc1NC(=O)C=NO. The first-order chi connectivity index (χ1) is 8.13. The minimum absolute atomic E-state index is 0.426. The third-order valence-electron chi connectivity index (χ3n) is 1.80. The van der Waals surface area contributed by atoms with Crippen molar-refractivity contribution in [3.05, 3.63) is 35.9 Å². The molecule has 0 aromatic heterocycles. The molecule has 0 aliphatic carbocycles. The average Bonchev–Trinajstić information content (AvgIpc) is 2.28. The van der Waals surface area contributed by atoms with Crippen LogP contribution in [0.25, 0.3) is 6.08 Å². The Bertz CT molecular complexity index is 480. The molecule has 0 spiro atoms. The monoisotopic (exact) mass is 234 g/mol. The van der Waals surface area contributed by atoms with Gasteiger partial charge in [0, 0.05) is 11.8 Å². The first-order valence-electron chi connectivity index (χ1n) is 4.62. The lowest BCUT2D eigenvalue weighted by atomic mass is 10.1. The lowest BCUT2D eigenvalue weighted by molar-refractivity contribution is -0.131. The van der Waals surface area contributed by atoms with Crippen molar-refractivity contribution in [3.8, 4) is 0 Å². The van der Waals surface area contributed by atoms with Crippen molar-refractivity contribution >= 4 is 29.9 Å². The van der Waals surface area contributed by atoms with Gasteiger partial charge >= 0.3 is 5.97 Å². The molecule has 1 aromatic rings. The molecule has 0 saturated heterocycles. The molecule has 0 atom stereocenters. The quantitative estimate of drug-likeness (QED) is 0.315. The van der Waals surface area contributed by atoms with E-state index in [4.69, 9.17) is 10.3 Å². The number of carboxylic acids is 1. The number of para-hydroxylation sites is 1. The molecule has 1 amide bonds. The Kier molecular flexibility index (Phi) is 4.44. The number of carbonyl (C=O) groups is 2. The Balaban J connectivity index is 2.92. The zero-order valence-corrected chi connectivity index (χ0v) is 8.70. The van der Waals surface area contributed by atoms with Crippen LogP contribution in [0.3, 0.4) is 0 Å². The van der Waals surface area contributed by atoms with Gasteiger partial charge in [0.25, 0.3) is 5.91 Å². The first-order valence-corrected chi connectivity index (χ1v) is 4.62. The van der Waals surface area contributed by atoms with Crippen molar-refractivity contribution < 1.29 is 19.9 Å². The highest BCUT2D eigenvalue weighted by Gasteiger charge is 2.02. The topological polar surface area (TPSA) is 99.0 Å². The Morgan fingerprint density at radius 1 is 1.29 bits per heavy atom. The molecular formula is C11H10N2O4. The molecule has 3 N–H and O–H groups in total. The van der Waals surface area contributed by atoms with Gasteiger partial charge in [-0.1, -0.05) is 23.4 Å². The molecule has 6 heteroatoms. The van der Waals surface area contributed by atoms with Crippen LogP contribution in [-0.4, -0.2) is 28.4 Å². The van der Waals surface area contributed by atoms with Gasteiger partial charge in [-0.2, -0.15) is 0 Å². The van der Waals surface area contributed by atoms with Gasteiger partial charge in [-0.15, -0.1) is 0 Å². The Hall–Kier alpha value is -2.63. The van der Waals surface area contributed by atoms with E-state index in [-0.39, 0.29) is 0 Å². The maximum absolute atomic E-state index is 11.1. The average molecular weight is 234 g/mol. The number of hydrogen-bond donors (Lipinski definition) is 3. The van der Waals surface area contributed by atoms with Gasteiger partial charge in [0.05, 0.1) is 0 Å². The molecule has 1 aromatic carbocycles. The fourth-order valence-electron chi connectivity index (χ4n) is 1.13. The molecule has 0 fully saturated rings. The molecule has 0 bridgehead atoms. The molecule has 17 heavy (non-hydrogen) atoms. The van der Waals surface area contributed by atoms with E-state index in [1.54, 1.807) is 24.3 Å². The molecule has 0 unspecified atom stereocenters. The number of carbonyl (C=O) groups excluding carboxylic acids is 1. The summed E-state index contributed by atoms with van der Waals surface area (Å²) in [6.45, 7) is 0. The highest BCUT2D eigenvalue weighted by Crippen LogP contribution is 2.16. The van der Waals surface area contributed by atoms with Crippen molar-refractivity contribution in [2.45, 2.75) is 0 Å². The fraction of sp³-hybridized carbons (Fsp3) is 0. The third kappa shape index (κ3) is 4.17. The van der Waals surface area contributed by atoms with Crippen LogP contribution in [0.2, 0.25) is 0 Å². The summed E-state index contributed by atoms with van der Waals surface area (Å²) < 4.78 is 0. The van der Waals surface area contributed by atoms with Crippen LogP contribution in [0.5, 0.6) is 0 Å². The summed E-state index contributed by atoms with van der Waals surface area (Å²) in [5.41, 5.74) is 0.962. The largest absolute Gasteiger partial charge is 0.478 e. The second-order valence-electron chi connectivity index (χ2n) is 2.99. The van der Waals surface area contributed by atoms with E-state index in [9.17, 15) is 9.59 Å². The number of hydrogen-bond acceptors (Lipinski definition) is 4. The Labute approximate surface area is 96.9 Å². The first kappa shape index (κ1) is 12.4. The number of anilines is 1. The van der Waals surface area contributed by atoms with E-state index in [1.807, 2.05) is 0 Å². The summed E-state index contributed by atoms with van der Waals surface area (Å²) in [5.74, 6) is -1.69. The van der Waals surface area contributed by atoms with Crippen LogP contribution in [0.15, 0.2) is 35.5 Å². The smallest absolute Gasteiger partial charge is 0.328 e. The molecule has 0 aliphatic rings. The zero-order valence-electron chi connectivity index (χ0n) is 8.70. The zero-order chi connectivity index (χ0) is 12.7. The third-order valence-corrected chi connectivity index (χ3v) is 1.80.